The van der Waals surface area contributed by atoms with E-state index in [1.165, 1.54) is 0 Å². The van der Waals surface area contributed by atoms with Gasteiger partial charge in [0.25, 0.3) is 0 Å². The van der Waals surface area contributed by atoms with E-state index in [1.807, 2.05) is 9.80 Å². The average Bonchev–Trinajstić information content (AvgIpc) is 3.05. The maximum absolute atomic E-state index is 12.4. The fraction of sp³-hybridized carbons (Fsp3) is 0.867. The van der Waals surface area contributed by atoms with Crippen LogP contribution in [0, 0.1) is 17.8 Å². The minimum absolute atomic E-state index is 0.158. The van der Waals surface area contributed by atoms with Gasteiger partial charge in [-0.15, -0.1) is 0 Å². The SMILES string of the molecule is CC(C)C1CCN(C(=O)N2CCC(CCC(=O)O)C2)C1. The van der Waals surface area contributed by atoms with Gasteiger partial charge in [-0.25, -0.2) is 4.79 Å². The molecule has 0 aromatic rings. The molecule has 1 N–H and O–H groups in total. The molecule has 0 aliphatic carbocycles. The summed E-state index contributed by atoms with van der Waals surface area (Å²) in [5, 5.41) is 8.71. The fourth-order valence-electron chi connectivity index (χ4n) is 3.27. The molecule has 2 fully saturated rings. The normalized spacial score (nSPS) is 26.6. The van der Waals surface area contributed by atoms with Crippen LogP contribution in [0.1, 0.15) is 39.5 Å². The summed E-state index contributed by atoms with van der Waals surface area (Å²) in [5.74, 6) is 0.881. The third kappa shape index (κ3) is 3.64. The lowest BCUT2D eigenvalue weighted by Crippen LogP contribution is -2.41. The summed E-state index contributed by atoms with van der Waals surface area (Å²) < 4.78 is 0. The van der Waals surface area contributed by atoms with Gasteiger partial charge in [0.05, 0.1) is 0 Å². The summed E-state index contributed by atoms with van der Waals surface area (Å²) in [5.41, 5.74) is 0. The first kappa shape index (κ1) is 15.1. The molecule has 20 heavy (non-hydrogen) atoms. The molecule has 114 valence electrons. The van der Waals surface area contributed by atoms with E-state index in [0.717, 1.165) is 39.0 Å². The molecule has 0 bridgehead atoms. The highest BCUT2D eigenvalue weighted by Crippen LogP contribution is 2.27. The van der Waals surface area contributed by atoms with E-state index in [-0.39, 0.29) is 12.5 Å². The number of nitrogens with zero attached hydrogens (tertiary/aromatic N) is 2. The van der Waals surface area contributed by atoms with Crippen molar-refractivity contribution in [2.45, 2.75) is 39.5 Å². The first-order chi connectivity index (χ1) is 9.47. The largest absolute Gasteiger partial charge is 0.481 e. The van der Waals surface area contributed by atoms with Gasteiger partial charge in [0.2, 0.25) is 0 Å². The number of urea groups is 1. The Morgan fingerprint density at radius 3 is 2.40 bits per heavy atom. The number of amides is 2. The summed E-state index contributed by atoms with van der Waals surface area (Å²) >= 11 is 0. The number of carboxylic acids is 1. The Balaban J connectivity index is 1.78. The number of carbonyl (C=O) groups excluding carboxylic acids is 1. The summed E-state index contributed by atoms with van der Waals surface area (Å²) in [6.07, 6.45) is 2.96. The molecule has 5 nitrogen and oxygen atoms in total. The molecule has 0 aromatic heterocycles. The molecule has 2 unspecified atom stereocenters. The molecule has 2 aliphatic heterocycles. The van der Waals surface area contributed by atoms with Crippen LogP contribution in [0.5, 0.6) is 0 Å². The molecule has 2 heterocycles. The Labute approximate surface area is 120 Å². The summed E-state index contributed by atoms with van der Waals surface area (Å²) in [6.45, 7) is 7.71. The lowest BCUT2D eigenvalue weighted by Gasteiger charge is -2.25. The molecule has 2 saturated heterocycles. The smallest absolute Gasteiger partial charge is 0.320 e. The van der Waals surface area contributed by atoms with Crippen LogP contribution in [0.4, 0.5) is 4.79 Å². The van der Waals surface area contributed by atoms with Crippen molar-refractivity contribution in [2.75, 3.05) is 26.2 Å². The van der Waals surface area contributed by atoms with Gasteiger partial charge in [-0.1, -0.05) is 13.8 Å². The predicted molar refractivity (Wildman–Crippen MR) is 76.5 cm³/mol. The standard InChI is InChI=1S/C15H26N2O3/c1-11(2)13-6-8-17(10-13)15(20)16-7-5-12(9-16)3-4-14(18)19/h11-13H,3-10H2,1-2H3,(H,18,19). The van der Waals surface area contributed by atoms with Crippen molar-refractivity contribution in [1.82, 2.24) is 9.80 Å². The van der Waals surface area contributed by atoms with E-state index in [9.17, 15) is 9.59 Å². The minimum Gasteiger partial charge on any atom is -0.481 e. The van der Waals surface area contributed by atoms with Crippen LogP contribution >= 0.6 is 0 Å². The number of carboxylic acid groups (broad SMARTS) is 1. The topological polar surface area (TPSA) is 60.9 Å². The highest BCUT2D eigenvalue weighted by atomic mass is 16.4. The Hall–Kier alpha value is -1.26. The molecule has 0 saturated carbocycles. The average molecular weight is 282 g/mol. The Morgan fingerprint density at radius 2 is 1.80 bits per heavy atom. The lowest BCUT2D eigenvalue weighted by atomic mass is 9.95. The van der Waals surface area contributed by atoms with Crippen molar-refractivity contribution < 1.29 is 14.7 Å². The van der Waals surface area contributed by atoms with E-state index < -0.39 is 5.97 Å². The zero-order valence-electron chi connectivity index (χ0n) is 12.5. The van der Waals surface area contributed by atoms with Crippen LogP contribution in [-0.4, -0.2) is 53.1 Å². The third-order valence-corrected chi connectivity index (χ3v) is 4.76. The summed E-state index contributed by atoms with van der Waals surface area (Å²) in [4.78, 5) is 26.9. The minimum atomic E-state index is -0.742. The second kappa shape index (κ2) is 6.46. The first-order valence-corrected chi connectivity index (χ1v) is 7.73. The van der Waals surface area contributed by atoms with E-state index in [1.54, 1.807) is 0 Å². The lowest BCUT2D eigenvalue weighted by molar-refractivity contribution is -0.137. The van der Waals surface area contributed by atoms with E-state index in [2.05, 4.69) is 13.8 Å². The second-order valence-electron chi connectivity index (χ2n) is 6.55. The highest BCUT2D eigenvalue weighted by Gasteiger charge is 2.33. The number of rotatable bonds is 4. The summed E-state index contributed by atoms with van der Waals surface area (Å²) in [7, 11) is 0. The molecule has 0 aromatic carbocycles. The maximum atomic E-state index is 12.4. The number of hydrogen-bond acceptors (Lipinski definition) is 2. The van der Waals surface area contributed by atoms with Gasteiger partial charge >= 0.3 is 12.0 Å². The molecule has 0 spiro atoms. The van der Waals surface area contributed by atoms with Crippen LogP contribution < -0.4 is 0 Å². The van der Waals surface area contributed by atoms with Gasteiger partial charge in [0.15, 0.2) is 0 Å². The van der Waals surface area contributed by atoms with Gasteiger partial charge in [-0.3, -0.25) is 4.79 Å². The van der Waals surface area contributed by atoms with Crippen molar-refractivity contribution in [2.24, 2.45) is 17.8 Å². The number of carbonyl (C=O) groups is 2. The van der Waals surface area contributed by atoms with E-state index in [0.29, 0.717) is 24.2 Å². The van der Waals surface area contributed by atoms with Gasteiger partial charge in [-0.05, 0) is 37.0 Å². The van der Waals surface area contributed by atoms with Crippen molar-refractivity contribution in [3.8, 4) is 0 Å². The maximum Gasteiger partial charge on any atom is 0.320 e. The van der Waals surface area contributed by atoms with Crippen LogP contribution in [0.15, 0.2) is 0 Å². The number of hydrogen-bond donors (Lipinski definition) is 1. The van der Waals surface area contributed by atoms with Gasteiger partial charge < -0.3 is 14.9 Å². The number of likely N-dealkylation sites (tertiary alicyclic amines) is 2. The molecule has 0 radical (unpaired) electrons. The van der Waals surface area contributed by atoms with Crippen LogP contribution in [0.2, 0.25) is 0 Å². The van der Waals surface area contributed by atoms with Crippen molar-refractivity contribution >= 4 is 12.0 Å². The Kier molecular flexibility index (Phi) is 4.89. The first-order valence-electron chi connectivity index (χ1n) is 7.73. The monoisotopic (exact) mass is 282 g/mol. The molecular weight excluding hydrogens is 256 g/mol. The van der Waals surface area contributed by atoms with Crippen molar-refractivity contribution in [1.29, 1.82) is 0 Å². The quantitative estimate of drug-likeness (QED) is 0.860. The predicted octanol–water partition coefficient (Wildman–Crippen LogP) is 2.27. The zero-order chi connectivity index (χ0) is 14.7. The van der Waals surface area contributed by atoms with Crippen LogP contribution in [0.3, 0.4) is 0 Å². The van der Waals surface area contributed by atoms with Crippen molar-refractivity contribution in [3.63, 3.8) is 0 Å². The molecule has 2 amide bonds. The molecule has 2 atom stereocenters. The highest BCUT2D eigenvalue weighted by molar-refractivity contribution is 5.75. The van der Waals surface area contributed by atoms with Gasteiger partial charge in [-0.2, -0.15) is 0 Å². The zero-order valence-corrected chi connectivity index (χ0v) is 12.5. The van der Waals surface area contributed by atoms with E-state index >= 15 is 0 Å². The Morgan fingerprint density at radius 1 is 1.15 bits per heavy atom. The van der Waals surface area contributed by atoms with Crippen LogP contribution in [0.25, 0.3) is 0 Å². The van der Waals surface area contributed by atoms with Gasteiger partial charge in [0, 0.05) is 32.6 Å². The molecule has 2 rings (SSSR count). The van der Waals surface area contributed by atoms with Crippen molar-refractivity contribution in [3.05, 3.63) is 0 Å². The summed E-state index contributed by atoms with van der Waals surface area (Å²) in [6, 6.07) is 0.158. The number of aliphatic carboxylic acids is 1. The third-order valence-electron chi connectivity index (χ3n) is 4.76. The van der Waals surface area contributed by atoms with Gasteiger partial charge in [0.1, 0.15) is 0 Å². The molecular formula is C15H26N2O3. The molecule has 2 aliphatic rings. The second-order valence-corrected chi connectivity index (χ2v) is 6.55. The van der Waals surface area contributed by atoms with E-state index in [4.69, 9.17) is 5.11 Å². The Bertz CT molecular complexity index is 370. The molecule has 5 heteroatoms. The van der Waals surface area contributed by atoms with Crippen LogP contribution in [-0.2, 0) is 4.79 Å². The fourth-order valence-corrected chi connectivity index (χ4v) is 3.27.